The summed E-state index contributed by atoms with van der Waals surface area (Å²) in [7, 11) is 0. The lowest BCUT2D eigenvalue weighted by atomic mass is 10.1. The maximum atomic E-state index is 8.59. The lowest BCUT2D eigenvalue weighted by Gasteiger charge is -2.03. The number of aliphatic hydroxyl groups excluding tert-OH is 1. The minimum atomic E-state index is 0.341. The monoisotopic (exact) mass is 216 g/mol. The predicted molar refractivity (Wildman–Crippen MR) is 65.1 cm³/mol. The van der Waals surface area contributed by atoms with E-state index in [9.17, 15) is 0 Å². The molecule has 1 N–H and O–H groups in total. The molecule has 0 heterocycles. The molecule has 0 unspecified atom stereocenters. The van der Waals surface area contributed by atoms with Gasteiger partial charge in [0.1, 0.15) is 0 Å². The summed E-state index contributed by atoms with van der Waals surface area (Å²) in [4.78, 5) is 0. The number of rotatable bonds is 12. The van der Waals surface area contributed by atoms with Gasteiger partial charge in [0, 0.05) is 19.8 Å². The molecule has 0 aliphatic heterocycles. The Morgan fingerprint density at radius 3 is 1.87 bits per heavy atom. The number of hydrogen-bond donors (Lipinski definition) is 1. The van der Waals surface area contributed by atoms with Gasteiger partial charge in [-0.2, -0.15) is 0 Å². The Morgan fingerprint density at radius 2 is 1.27 bits per heavy atom. The zero-order chi connectivity index (χ0) is 11.2. The predicted octanol–water partition coefficient (Wildman–Crippen LogP) is 3.53. The molecule has 0 bridgehead atoms. The van der Waals surface area contributed by atoms with E-state index in [4.69, 9.17) is 9.84 Å². The summed E-state index contributed by atoms with van der Waals surface area (Å²) in [6.07, 6.45) is 10.9. The lowest BCUT2D eigenvalue weighted by molar-refractivity contribution is 0.125. The summed E-state index contributed by atoms with van der Waals surface area (Å²) in [6.45, 7) is 4.43. The Kier molecular flexibility index (Phi) is 13.8. The Labute approximate surface area is 95.0 Å². The van der Waals surface area contributed by atoms with Gasteiger partial charge in [0.25, 0.3) is 0 Å². The normalized spacial score (nSPS) is 10.8. The van der Waals surface area contributed by atoms with Gasteiger partial charge in [-0.05, 0) is 19.3 Å². The Bertz CT molecular complexity index is 92.7. The molecule has 2 heteroatoms. The summed E-state index contributed by atoms with van der Waals surface area (Å²) >= 11 is 0. The topological polar surface area (TPSA) is 29.5 Å². The summed E-state index contributed by atoms with van der Waals surface area (Å²) in [5, 5.41) is 8.59. The molecule has 0 aromatic rings. The van der Waals surface area contributed by atoms with Gasteiger partial charge in [-0.25, -0.2) is 0 Å². The van der Waals surface area contributed by atoms with Crippen LogP contribution in [0.2, 0.25) is 0 Å². The molecule has 0 amide bonds. The van der Waals surface area contributed by atoms with Crippen molar-refractivity contribution < 1.29 is 9.84 Å². The Hall–Kier alpha value is -0.0800. The second-order valence-corrected chi connectivity index (χ2v) is 4.16. The van der Waals surface area contributed by atoms with Crippen LogP contribution in [0.4, 0.5) is 0 Å². The first-order valence-corrected chi connectivity index (χ1v) is 6.60. The first kappa shape index (κ1) is 14.9. The van der Waals surface area contributed by atoms with Gasteiger partial charge in [-0.1, -0.05) is 45.4 Å². The van der Waals surface area contributed by atoms with Crippen LogP contribution >= 0.6 is 0 Å². The van der Waals surface area contributed by atoms with Gasteiger partial charge in [0.05, 0.1) is 0 Å². The lowest BCUT2D eigenvalue weighted by Crippen LogP contribution is -1.97. The van der Waals surface area contributed by atoms with E-state index in [2.05, 4.69) is 6.92 Å². The van der Waals surface area contributed by atoms with E-state index >= 15 is 0 Å². The highest BCUT2D eigenvalue weighted by Crippen LogP contribution is 2.03. The second kappa shape index (κ2) is 13.9. The highest BCUT2D eigenvalue weighted by atomic mass is 16.5. The van der Waals surface area contributed by atoms with E-state index in [-0.39, 0.29) is 0 Å². The molecule has 0 aliphatic carbocycles. The average Bonchev–Trinajstić information content (AvgIpc) is 2.26. The molecule has 0 saturated carbocycles. The van der Waals surface area contributed by atoms with Gasteiger partial charge < -0.3 is 9.84 Å². The third-order valence-corrected chi connectivity index (χ3v) is 2.59. The van der Waals surface area contributed by atoms with Crippen LogP contribution in [0.5, 0.6) is 0 Å². The van der Waals surface area contributed by atoms with Crippen molar-refractivity contribution in [3.05, 3.63) is 0 Å². The third kappa shape index (κ3) is 13.9. The molecule has 0 fully saturated rings. The fraction of sp³-hybridized carbons (Fsp3) is 1.00. The van der Waals surface area contributed by atoms with E-state index in [1.54, 1.807) is 0 Å². The number of aliphatic hydroxyl groups is 1. The van der Waals surface area contributed by atoms with Crippen LogP contribution in [0.25, 0.3) is 0 Å². The van der Waals surface area contributed by atoms with Crippen LogP contribution in [0.15, 0.2) is 0 Å². The van der Waals surface area contributed by atoms with Crippen LogP contribution in [0.1, 0.15) is 64.7 Å². The summed E-state index contributed by atoms with van der Waals surface area (Å²) in [5.74, 6) is 0. The smallest absolute Gasteiger partial charge is 0.0466 e. The van der Waals surface area contributed by atoms with E-state index in [1.165, 1.54) is 44.9 Å². The molecule has 0 aromatic heterocycles. The first-order chi connectivity index (χ1) is 7.41. The van der Waals surface area contributed by atoms with E-state index in [1.807, 2.05) is 0 Å². The number of unbranched alkanes of at least 4 members (excludes halogenated alkanes) is 7. The van der Waals surface area contributed by atoms with Crippen LogP contribution < -0.4 is 0 Å². The first-order valence-electron chi connectivity index (χ1n) is 6.60. The fourth-order valence-corrected chi connectivity index (χ4v) is 1.58. The molecule has 0 spiro atoms. The average molecular weight is 216 g/mol. The van der Waals surface area contributed by atoms with Crippen molar-refractivity contribution in [2.45, 2.75) is 64.7 Å². The molecule has 0 saturated heterocycles. The van der Waals surface area contributed by atoms with Crippen molar-refractivity contribution in [2.24, 2.45) is 0 Å². The minimum absolute atomic E-state index is 0.341. The number of ether oxygens (including phenoxy) is 1. The van der Waals surface area contributed by atoms with Crippen LogP contribution in [-0.2, 0) is 4.74 Å². The van der Waals surface area contributed by atoms with Crippen molar-refractivity contribution in [1.82, 2.24) is 0 Å². The maximum absolute atomic E-state index is 8.59. The van der Waals surface area contributed by atoms with Crippen molar-refractivity contribution in [3.63, 3.8) is 0 Å². The second-order valence-electron chi connectivity index (χ2n) is 4.16. The molecule has 0 rings (SSSR count). The highest BCUT2D eigenvalue weighted by molar-refractivity contribution is 4.44. The van der Waals surface area contributed by atoms with Gasteiger partial charge in [0.15, 0.2) is 0 Å². The molecule has 92 valence electrons. The minimum Gasteiger partial charge on any atom is -0.396 e. The highest BCUT2D eigenvalue weighted by Gasteiger charge is 1.91. The van der Waals surface area contributed by atoms with Crippen LogP contribution in [0, 0.1) is 0 Å². The zero-order valence-electron chi connectivity index (χ0n) is 10.3. The summed E-state index contributed by atoms with van der Waals surface area (Å²) in [6, 6.07) is 0. The summed E-state index contributed by atoms with van der Waals surface area (Å²) < 4.78 is 5.54. The Morgan fingerprint density at radius 1 is 0.733 bits per heavy atom. The quantitative estimate of drug-likeness (QED) is 0.506. The molecular formula is C13H28O2. The molecule has 0 radical (unpaired) electrons. The molecule has 0 atom stereocenters. The van der Waals surface area contributed by atoms with Gasteiger partial charge in [-0.15, -0.1) is 0 Å². The SMILES string of the molecule is CCCCCCOCCCCCCCO. The molecular weight excluding hydrogens is 188 g/mol. The number of hydrogen-bond acceptors (Lipinski definition) is 2. The van der Waals surface area contributed by atoms with E-state index in [0.717, 1.165) is 26.1 Å². The van der Waals surface area contributed by atoms with Crippen molar-refractivity contribution in [3.8, 4) is 0 Å². The fourth-order valence-electron chi connectivity index (χ4n) is 1.58. The molecule has 0 aliphatic rings. The third-order valence-electron chi connectivity index (χ3n) is 2.59. The molecule has 15 heavy (non-hydrogen) atoms. The van der Waals surface area contributed by atoms with Crippen molar-refractivity contribution in [1.29, 1.82) is 0 Å². The molecule has 0 aromatic carbocycles. The van der Waals surface area contributed by atoms with Gasteiger partial charge in [0.2, 0.25) is 0 Å². The largest absolute Gasteiger partial charge is 0.396 e. The standard InChI is InChI=1S/C13H28O2/c1-2-3-4-9-12-15-13-10-7-5-6-8-11-14/h14H,2-13H2,1H3. The molecule has 2 nitrogen and oxygen atoms in total. The van der Waals surface area contributed by atoms with Crippen molar-refractivity contribution >= 4 is 0 Å². The zero-order valence-corrected chi connectivity index (χ0v) is 10.3. The van der Waals surface area contributed by atoms with Gasteiger partial charge >= 0.3 is 0 Å². The Balaban J connectivity index is 2.81. The van der Waals surface area contributed by atoms with Crippen LogP contribution in [0.3, 0.4) is 0 Å². The van der Waals surface area contributed by atoms with Crippen LogP contribution in [-0.4, -0.2) is 24.9 Å². The summed E-state index contributed by atoms with van der Waals surface area (Å²) in [5.41, 5.74) is 0. The van der Waals surface area contributed by atoms with E-state index < -0.39 is 0 Å². The van der Waals surface area contributed by atoms with E-state index in [0.29, 0.717) is 6.61 Å². The van der Waals surface area contributed by atoms with Gasteiger partial charge in [-0.3, -0.25) is 0 Å². The maximum Gasteiger partial charge on any atom is 0.0466 e. The van der Waals surface area contributed by atoms with Crippen molar-refractivity contribution in [2.75, 3.05) is 19.8 Å².